The van der Waals surface area contributed by atoms with E-state index in [0.717, 1.165) is 14.9 Å². The zero-order chi connectivity index (χ0) is 13.9. The Labute approximate surface area is 125 Å². The molecule has 0 aliphatic carbocycles. The second kappa shape index (κ2) is 6.17. The van der Waals surface area contributed by atoms with Crippen LogP contribution in [0, 0.1) is 6.92 Å². The van der Waals surface area contributed by atoms with Gasteiger partial charge in [0.25, 0.3) is 0 Å². The first-order valence-corrected chi connectivity index (χ1v) is 8.88. The minimum Gasteiger partial charge on any atom is -0.210 e. The molecule has 1 N–H and O–H groups in total. The van der Waals surface area contributed by atoms with E-state index in [4.69, 9.17) is 0 Å². The van der Waals surface area contributed by atoms with Gasteiger partial charge in [0.2, 0.25) is 10.0 Å². The second-order valence-corrected chi connectivity index (χ2v) is 8.52. The van der Waals surface area contributed by atoms with Crippen molar-refractivity contribution in [3.05, 3.63) is 51.3 Å². The number of rotatable bonds is 5. The molecular weight excluding hydrogens is 346 g/mol. The van der Waals surface area contributed by atoms with Crippen LogP contribution < -0.4 is 4.72 Å². The van der Waals surface area contributed by atoms with Crippen molar-refractivity contribution in [3.63, 3.8) is 0 Å². The molecule has 6 heteroatoms. The standard InChI is InChI=1S/C13H14BrNO2S2/c1-10-9-12(18-13(10)14)19(16,17)15-8-7-11-5-3-2-4-6-11/h2-6,9,15H,7-8H2,1H3. The molecule has 3 nitrogen and oxygen atoms in total. The molecule has 2 aromatic rings. The van der Waals surface area contributed by atoms with E-state index >= 15 is 0 Å². The average Bonchev–Trinajstić information content (AvgIpc) is 2.72. The lowest BCUT2D eigenvalue weighted by Crippen LogP contribution is -2.25. The second-order valence-electron chi connectivity index (χ2n) is 4.16. The summed E-state index contributed by atoms with van der Waals surface area (Å²) in [7, 11) is -3.39. The Morgan fingerprint density at radius 3 is 2.53 bits per heavy atom. The molecule has 102 valence electrons. The monoisotopic (exact) mass is 359 g/mol. The Morgan fingerprint density at radius 2 is 1.95 bits per heavy atom. The summed E-state index contributed by atoms with van der Waals surface area (Å²) in [5.74, 6) is 0. The van der Waals surface area contributed by atoms with Crippen LogP contribution in [0.3, 0.4) is 0 Å². The van der Waals surface area contributed by atoms with E-state index in [1.807, 2.05) is 37.3 Å². The molecule has 2 rings (SSSR count). The van der Waals surface area contributed by atoms with Gasteiger partial charge in [-0.1, -0.05) is 30.3 Å². The van der Waals surface area contributed by atoms with E-state index in [1.54, 1.807) is 6.07 Å². The van der Waals surface area contributed by atoms with Gasteiger partial charge in [0, 0.05) is 6.54 Å². The third-order valence-electron chi connectivity index (χ3n) is 2.65. The van der Waals surface area contributed by atoms with Crippen LogP contribution in [0.5, 0.6) is 0 Å². The molecule has 0 radical (unpaired) electrons. The van der Waals surface area contributed by atoms with Crippen LogP contribution in [0.1, 0.15) is 11.1 Å². The molecule has 0 spiro atoms. The molecule has 0 fully saturated rings. The van der Waals surface area contributed by atoms with Crippen LogP contribution in [-0.4, -0.2) is 15.0 Å². The van der Waals surface area contributed by atoms with Gasteiger partial charge >= 0.3 is 0 Å². The predicted molar refractivity (Wildman–Crippen MR) is 82.1 cm³/mol. The molecule has 19 heavy (non-hydrogen) atoms. The summed E-state index contributed by atoms with van der Waals surface area (Å²) < 4.78 is 28.0. The maximum atomic E-state index is 12.1. The van der Waals surface area contributed by atoms with Crippen LogP contribution in [0.2, 0.25) is 0 Å². The lowest BCUT2D eigenvalue weighted by atomic mass is 10.2. The number of sulfonamides is 1. The van der Waals surface area contributed by atoms with E-state index in [9.17, 15) is 8.42 Å². The van der Waals surface area contributed by atoms with Gasteiger partial charge in [-0.15, -0.1) is 11.3 Å². The van der Waals surface area contributed by atoms with E-state index in [2.05, 4.69) is 20.7 Å². The molecule has 0 aliphatic heterocycles. The maximum absolute atomic E-state index is 12.1. The Morgan fingerprint density at radius 1 is 1.26 bits per heavy atom. The van der Waals surface area contributed by atoms with E-state index in [1.165, 1.54) is 11.3 Å². The number of benzene rings is 1. The van der Waals surface area contributed by atoms with Gasteiger partial charge in [-0.2, -0.15) is 0 Å². The van der Waals surface area contributed by atoms with Gasteiger partial charge in [0.15, 0.2) is 0 Å². The summed E-state index contributed by atoms with van der Waals surface area (Å²) >= 11 is 4.57. The SMILES string of the molecule is Cc1cc(S(=O)(=O)NCCc2ccccc2)sc1Br. The summed E-state index contributed by atoms with van der Waals surface area (Å²) in [6, 6.07) is 11.5. The van der Waals surface area contributed by atoms with Crippen molar-refractivity contribution < 1.29 is 8.42 Å². The topological polar surface area (TPSA) is 46.2 Å². The summed E-state index contributed by atoms with van der Waals surface area (Å²) in [4.78, 5) is 0. The zero-order valence-electron chi connectivity index (χ0n) is 10.4. The minimum atomic E-state index is -3.39. The lowest BCUT2D eigenvalue weighted by molar-refractivity contribution is 0.583. The van der Waals surface area contributed by atoms with Gasteiger partial charge in [0.1, 0.15) is 4.21 Å². The molecular formula is C13H14BrNO2S2. The van der Waals surface area contributed by atoms with Crippen LogP contribution >= 0.6 is 27.3 Å². The predicted octanol–water partition coefficient (Wildman–Crippen LogP) is 3.34. The van der Waals surface area contributed by atoms with Gasteiger partial charge in [-0.3, -0.25) is 0 Å². The van der Waals surface area contributed by atoms with E-state index in [-0.39, 0.29) is 0 Å². The number of hydrogen-bond acceptors (Lipinski definition) is 3. The van der Waals surface area contributed by atoms with Crippen molar-refractivity contribution >= 4 is 37.3 Å². The molecule has 1 aromatic heterocycles. The van der Waals surface area contributed by atoms with E-state index < -0.39 is 10.0 Å². The van der Waals surface area contributed by atoms with Crippen molar-refractivity contribution in [1.82, 2.24) is 4.72 Å². The van der Waals surface area contributed by atoms with Crippen LogP contribution in [0.4, 0.5) is 0 Å². The molecule has 0 unspecified atom stereocenters. The summed E-state index contributed by atoms with van der Waals surface area (Å²) in [6.45, 7) is 2.28. The highest BCUT2D eigenvalue weighted by atomic mass is 79.9. The Hall–Kier alpha value is -0.690. The first-order chi connectivity index (χ1) is 8.99. The highest BCUT2D eigenvalue weighted by molar-refractivity contribution is 9.11. The first kappa shape index (κ1) is 14.7. The fraction of sp³-hybridized carbons (Fsp3) is 0.231. The molecule has 1 aromatic carbocycles. The third-order valence-corrected chi connectivity index (χ3v) is 6.72. The molecule has 0 saturated heterocycles. The zero-order valence-corrected chi connectivity index (χ0v) is 13.6. The lowest BCUT2D eigenvalue weighted by Gasteiger charge is -2.04. The van der Waals surface area contributed by atoms with Crippen molar-refractivity contribution in [3.8, 4) is 0 Å². The Balaban J connectivity index is 1.99. The molecule has 0 aliphatic rings. The van der Waals surface area contributed by atoms with Gasteiger partial charge in [-0.05, 0) is 46.5 Å². The third kappa shape index (κ3) is 3.89. The highest BCUT2D eigenvalue weighted by Crippen LogP contribution is 2.30. The average molecular weight is 360 g/mol. The number of nitrogens with one attached hydrogen (secondary N) is 1. The van der Waals surface area contributed by atoms with Gasteiger partial charge < -0.3 is 0 Å². The fourth-order valence-electron chi connectivity index (χ4n) is 1.61. The Bertz CT molecular complexity index is 631. The summed E-state index contributed by atoms with van der Waals surface area (Å²) in [5.41, 5.74) is 2.06. The number of halogens is 1. The summed E-state index contributed by atoms with van der Waals surface area (Å²) in [6.07, 6.45) is 0.686. The minimum absolute atomic E-state index is 0.352. The molecule has 0 amide bonds. The largest absolute Gasteiger partial charge is 0.250 e. The fourth-order valence-corrected chi connectivity index (χ4v) is 4.91. The van der Waals surface area contributed by atoms with E-state index in [0.29, 0.717) is 17.2 Å². The first-order valence-electron chi connectivity index (χ1n) is 5.78. The van der Waals surface area contributed by atoms with Crippen molar-refractivity contribution in [1.29, 1.82) is 0 Å². The summed E-state index contributed by atoms with van der Waals surface area (Å²) in [5, 5.41) is 0. The maximum Gasteiger partial charge on any atom is 0.250 e. The van der Waals surface area contributed by atoms with Crippen LogP contribution in [0.15, 0.2) is 44.4 Å². The van der Waals surface area contributed by atoms with Gasteiger partial charge in [-0.25, -0.2) is 13.1 Å². The molecule has 0 atom stereocenters. The van der Waals surface area contributed by atoms with Crippen molar-refractivity contribution in [2.75, 3.05) is 6.54 Å². The normalized spacial score (nSPS) is 11.7. The molecule has 0 saturated carbocycles. The number of aryl methyl sites for hydroxylation is 1. The Kier molecular flexibility index (Phi) is 4.78. The van der Waals surface area contributed by atoms with Crippen molar-refractivity contribution in [2.45, 2.75) is 17.6 Å². The van der Waals surface area contributed by atoms with Gasteiger partial charge in [0.05, 0.1) is 3.79 Å². The van der Waals surface area contributed by atoms with Crippen LogP contribution in [0.25, 0.3) is 0 Å². The number of hydrogen-bond donors (Lipinski definition) is 1. The molecule has 0 bridgehead atoms. The van der Waals surface area contributed by atoms with Crippen molar-refractivity contribution in [2.24, 2.45) is 0 Å². The quantitative estimate of drug-likeness (QED) is 0.889. The number of thiophene rings is 1. The highest BCUT2D eigenvalue weighted by Gasteiger charge is 2.17. The smallest absolute Gasteiger partial charge is 0.210 e. The molecule has 1 heterocycles. The van der Waals surface area contributed by atoms with Crippen LogP contribution in [-0.2, 0) is 16.4 Å².